The summed E-state index contributed by atoms with van der Waals surface area (Å²) < 4.78 is 0. The summed E-state index contributed by atoms with van der Waals surface area (Å²) in [6, 6.07) is 3.21. The molecule has 0 radical (unpaired) electrons. The zero-order valence-corrected chi connectivity index (χ0v) is 15.2. The number of aliphatic imine (C=N–C) groups is 1. The summed E-state index contributed by atoms with van der Waals surface area (Å²) in [4.78, 5) is 19.0. The number of nitro groups is 1. The van der Waals surface area contributed by atoms with Gasteiger partial charge in [-0.15, -0.1) is 0 Å². The van der Waals surface area contributed by atoms with Gasteiger partial charge in [-0.2, -0.15) is 10.5 Å². The Kier molecular flexibility index (Phi) is 4.79. The van der Waals surface area contributed by atoms with Gasteiger partial charge in [0, 0.05) is 22.2 Å². The number of rotatable bonds is 2. The maximum absolute atomic E-state index is 11.3. The number of nitrogens with two attached hydrogens (primary N) is 2. The van der Waals surface area contributed by atoms with E-state index < -0.39 is 16.7 Å². The number of halogens is 2. The van der Waals surface area contributed by atoms with E-state index in [-0.39, 0.29) is 50.0 Å². The van der Waals surface area contributed by atoms with Crippen LogP contribution < -0.4 is 22.1 Å². The van der Waals surface area contributed by atoms with E-state index in [0.29, 0.717) is 0 Å². The summed E-state index contributed by atoms with van der Waals surface area (Å²) in [6.45, 7) is 0. The normalized spacial score (nSPS) is 14.7. The molecule has 0 saturated carbocycles. The number of hydrogen-bond donors (Lipinski definition) is 4. The van der Waals surface area contributed by atoms with Crippen molar-refractivity contribution in [2.45, 2.75) is 6.04 Å². The van der Waals surface area contributed by atoms with Crippen LogP contribution in [-0.4, -0.2) is 15.9 Å². The lowest BCUT2D eigenvalue weighted by Crippen LogP contribution is -2.33. The molecule has 1 atom stereocenters. The molecule has 28 heavy (non-hydrogen) atoms. The molecule has 2 aromatic rings. The summed E-state index contributed by atoms with van der Waals surface area (Å²) in [5.74, 6) is -0.0699. The molecule has 1 aromatic heterocycles. The molecule has 13 heteroatoms. The first-order valence-electron chi connectivity index (χ1n) is 7.41. The first-order chi connectivity index (χ1) is 13.3. The second-order valence-electron chi connectivity index (χ2n) is 5.45. The van der Waals surface area contributed by atoms with E-state index in [0.717, 1.165) is 6.07 Å². The van der Waals surface area contributed by atoms with Gasteiger partial charge in [0.05, 0.1) is 10.6 Å². The molecule has 0 fully saturated rings. The highest BCUT2D eigenvalue weighted by atomic mass is 35.5. The molecule has 1 aliphatic rings. The molecule has 0 saturated heterocycles. The molecule has 0 spiro atoms. The van der Waals surface area contributed by atoms with E-state index >= 15 is 0 Å². The molecule has 1 aromatic carbocycles. The number of nitrogens with zero attached hydrogens (tertiary/aromatic N) is 5. The predicted octanol–water partition coefficient (Wildman–Crippen LogP) is 2.27. The minimum atomic E-state index is -1.09. The molecule has 3 rings (SSSR count). The topological polar surface area (TPSA) is 192 Å². The Labute approximate surface area is 167 Å². The highest BCUT2D eigenvalue weighted by Crippen LogP contribution is 2.46. The lowest BCUT2D eigenvalue weighted by molar-refractivity contribution is -0.384. The first kappa shape index (κ1) is 19.0. The predicted molar refractivity (Wildman–Crippen MR) is 103 cm³/mol. The van der Waals surface area contributed by atoms with Gasteiger partial charge in [0.25, 0.3) is 5.69 Å². The van der Waals surface area contributed by atoms with Gasteiger partial charge in [-0.3, -0.25) is 15.4 Å². The molecular formula is C15H9Cl2N9O2. The number of fused-ring (bicyclic) bond motifs is 1. The lowest BCUT2D eigenvalue weighted by Gasteiger charge is -2.27. The highest BCUT2D eigenvalue weighted by molar-refractivity contribution is 6.37. The van der Waals surface area contributed by atoms with Gasteiger partial charge < -0.3 is 16.8 Å². The zero-order valence-electron chi connectivity index (χ0n) is 13.7. The molecule has 0 aliphatic carbocycles. The Morgan fingerprint density at radius 3 is 2.61 bits per heavy atom. The van der Waals surface area contributed by atoms with Crippen LogP contribution in [0.1, 0.15) is 22.7 Å². The van der Waals surface area contributed by atoms with Crippen molar-refractivity contribution in [2.24, 2.45) is 4.99 Å². The van der Waals surface area contributed by atoms with Crippen LogP contribution in [0.15, 0.2) is 17.1 Å². The third-order valence-corrected chi connectivity index (χ3v) is 4.66. The van der Waals surface area contributed by atoms with Crippen molar-refractivity contribution >= 4 is 52.2 Å². The largest absolute Gasteiger partial charge is 0.397 e. The van der Waals surface area contributed by atoms with E-state index in [1.165, 1.54) is 6.07 Å². The summed E-state index contributed by atoms with van der Waals surface area (Å²) >= 11 is 12.5. The number of anilines is 3. The number of nitrogens with one attached hydrogen (secondary N) is 2. The van der Waals surface area contributed by atoms with E-state index in [9.17, 15) is 15.4 Å². The smallest absolute Gasteiger partial charge is 0.288 e. The van der Waals surface area contributed by atoms with Crippen LogP contribution in [0.5, 0.6) is 0 Å². The number of guanidine groups is 1. The van der Waals surface area contributed by atoms with Crippen LogP contribution in [0.2, 0.25) is 10.0 Å². The Hall–Kier alpha value is -3.80. The second-order valence-corrected chi connectivity index (χ2v) is 6.24. The Balaban J connectivity index is 2.36. The fourth-order valence-electron chi connectivity index (χ4n) is 2.74. The minimum Gasteiger partial charge on any atom is -0.397 e. The number of aromatic nitrogens is 1. The van der Waals surface area contributed by atoms with Crippen molar-refractivity contribution in [3.8, 4) is 12.3 Å². The summed E-state index contributed by atoms with van der Waals surface area (Å²) in [6.07, 6.45) is 1.69. The number of hydrogen-bond acceptors (Lipinski definition) is 10. The second kappa shape index (κ2) is 7.08. The fraction of sp³-hybridized carbons (Fsp3) is 0.0667. The van der Waals surface area contributed by atoms with Crippen molar-refractivity contribution in [1.82, 2.24) is 10.3 Å². The van der Waals surface area contributed by atoms with E-state index in [1.54, 1.807) is 6.19 Å². The lowest BCUT2D eigenvalue weighted by atomic mass is 9.94. The third-order valence-electron chi connectivity index (χ3n) is 3.93. The molecule has 0 amide bonds. The summed E-state index contributed by atoms with van der Waals surface area (Å²) in [7, 11) is 0. The molecule has 11 nitrogen and oxygen atoms in total. The van der Waals surface area contributed by atoms with E-state index in [2.05, 4.69) is 20.6 Å². The standard InChI is InChI=1S/C15H9Cl2N9O2/c16-6-1-2-7(26(27)28)10(17)8(6)12-9-11(20)5(3-18)13(21)24-14(9)25-15(23-12)22-4-19/h1-2,12H,(H6,20,21,22,23,24,25). The van der Waals surface area contributed by atoms with Crippen LogP contribution in [0.25, 0.3) is 0 Å². The number of nitro benzene ring substituents is 1. The Morgan fingerprint density at radius 2 is 2.00 bits per heavy atom. The Morgan fingerprint density at radius 1 is 1.29 bits per heavy atom. The van der Waals surface area contributed by atoms with Crippen molar-refractivity contribution in [1.29, 1.82) is 10.5 Å². The SMILES string of the molecule is N#CNC1=NC(c2c(Cl)ccc([N+](=O)[O-])c2Cl)c2c(nc(N)c(C#N)c2N)N1. The van der Waals surface area contributed by atoms with Crippen LogP contribution in [-0.2, 0) is 0 Å². The maximum atomic E-state index is 11.3. The molecular weight excluding hydrogens is 409 g/mol. The summed E-state index contributed by atoms with van der Waals surface area (Å²) in [5.41, 5.74) is 11.6. The first-order valence-corrected chi connectivity index (χ1v) is 8.16. The zero-order chi connectivity index (χ0) is 20.6. The van der Waals surface area contributed by atoms with Gasteiger partial charge in [0.1, 0.15) is 34.3 Å². The maximum Gasteiger partial charge on any atom is 0.288 e. The minimum absolute atomic E-state index is 0.0327. The van der Waals surface area contributed by atoms with Gasteiger partial charge in [0.2, 0.25) is 5.96 Å². The molecule has 1 unspecified atom stereocenters. The van der Waals surface area contributed by atoms with Crippen molar-refractivity contribution < 1.29 is 4.92 Å². The van der Waals surface area contributed by atoms with Gasteiger partial charge in [-0.05, 0) is 6.07 Å². The average molecular weight is 418 g/mol. The molecule has 0 bridgehead atoms. The summed E-state index contributed by atoms with van der Waals surface area (Å²) in [5, 5.41) is 34.3. The van der Waals surface area contributed by atoms with Crippen LogP contribution in [0.3, 0.4) is 0 Å². The fourth-order valence-corrected chi connectivity index (χ4v) is 3.39. The molecule has 2 heterocycles. The van der Waals surface area contributed by atoms with Gasteiger partial charge >= 0.3 is 0 Å². The van der Waals surface area contributed by atoms with Gasteiger partial charge in [0.15, 0.2) is 6.19 Å². The number of nitrogen functional groups attached to an aromatic ring is 2. The number of benzene rings is 1. The van der Waals surface area contributed by atoms with Gasteiger partial charge in [-0.25, -0.2) is 9.98 Å². The quantitative estimate of drug-likeness (QED) is 0.245. The molecule has 140 valence electrons. The molecule has 1 aliphatic heterocycles. The Bertz CT molecular complexity index is 1130. The van der Waals surface area contributed by atoms with E-state index in [1.807, 2.05) is 6.07 Å². The van der Waals surface area contributed by atoms with Gasteiger partial charge in [-0.1, -0.05) is 23.2 Å². The van der Waals surface area contributed by atoms with Crippen LogP contribution >= 0.6 is 23.2 Å². The highest BCUT2D eigenvalue weighted by Gasteiger charge is 2.34. The average Bonchev–Trinajstić information content (AvgIpc) is 2.61. The third kappa shape index (κ3) is 2.95. The monoisotopic (exact) mass is 417 g/mol. The number of pyridine rings is 1. The van der Waals surface area contributed by atoms with Crippen molar-refractivity contribution in [3.63, 3.8) is 0 Å². The van der Waals surface area contributed by atoms with Crippen molar-refractivity contribution in [3.05, 3.63) is 49.0 Å². The van der Waals surface area contributed by atoms with Crippen molar-refractivity contribution in [2.75, 3.05) is 16.8 Å². The van der Waals surface area contributed by atoms with Crippen LogP contribution in [0.4, 0.5) is 23.0 Å². The number of nitriles is 2. The molecule has 6 N–H and O–H groups in total. The van der Waals surface area contributed by atoms with Crippen LogP contribution in [0, 0.1) is 32.9 Å². The van der Waals surface area contributed by atoms with E-state index in [4.69, 9.17) is 39.9 Å².